The zero-order valence-corrected chi connectivity index (χ0v) is 34.6. The molecule has 0 aromatic rings. The molecule has 16 heteroatoms. The van der Waals surface area contributed by atoms with E-state index in [-0.39, 0.29) is 12.2 Å². The first-order valence-corrected chi connectivity index (χ1v) is 28.1. The van der Waals surface area contributed by atoms with E-state index < -0.39 is 17.6 Å². The largest absolute Gasteiger partial charge is 0.501 e. The highest BCUT2D eigenvalue weighted by atomic mass is 32.2. The highest BCUT2D eigenvalue weighted by molar-refractivity contribution is 8.01. The van der Waals surface area contributed by atoms with Gasteiger partial charge in [0.2, 0.25) is 0 Å². The minimum atomic E-state index is -2.20. The normalized spacial score (nSPS) is 26.6. The van der Waals surface area contributed by atoms with Crippen LogP contribution < -0.4 is 0 Å². The van der Waals surface area contributed by atoms with Gasteiger partial charge in [-0.1, -0.05) is 0 Å². The lowest BCUT2D eigenvalue weighted by molar-refractivity contribution is 0.0605. The molecule has 0 saturated carbocycles. The molecule has 4 rings (SSSR count). The van der Waals surface area contributed by atoms with Crippen molar-refractivity contribution in [3.63, 3.8) is 0 Å². The number of fused-ring (bicyclic) bond motifs is 4. The molecule has 0 aromatic carbocycles. The van der Waals surface area contributed by atoms with Gasteiger partial charge >= 0.3 is 17.6 Å². The van der Waals surface area contributed by atoms with Crippen LogP contribution in [-0.2, 0) is 36.0 Å². The van der Waals surface area contributed by atoms with Gasteiger partial charge in [-0.2, -0.15) is 70.6 Å². The maximum absolute atomic E-state index is 5.90. The molecule has 270 valence electrons. The van der Waals surface area contributed by atoms with E-state index >= 15 is 0 Å². The van der Waals surface area contributed by atoms with Gasteiger partial charge in [0, 0.05) is 23.6 Å². The van der Waals surface area contributed by atoms with Crippen LogP contribution in [-0.4, -0.2) is 152 Å². The third-order valence-electron chi connectivity index (χ3n) is 7.62. The molecule has 4 heterocycles. The summed E-state index contributed by atoms with van der Waals surface area (Å²) in [4.78, 5) is 0. The van der Waals surface area contributed by atoms with Gasteiger partial charge in [-0.05, 0) is 96.1 Å². The topological polar surface area (TPSA) is 73.8 Å². The molecule has 4 fully saturated rings. The SMILES string of the molecule is C(CSCCCSCCOCCOCCSCCCSCCCSCCC[Si]12OCC(CO1)O2)CSCCC[Si]12OCC(CO1)O2. The molecule has 0 spiro atoms. The highest BCUT2D eigenvalue weighted by Gasteiger charge is 2.55. The fourth-order valence-corrected chi connectivity index (χ4v) is 17.2. The van der Waals surface area contributed by atoms with E-state index in [4.69, 9.17) is 36.0 Å². The summed E-state index contributed by atoms with van der Waals surface area (Å²) in [5.74, 6) is 14.7. The Labute approximate surface area is 306 Å². The second-order valence-electron chi connectivity index (χ2n) is 11.6. The van der Waals surface area contributed by atoms with Crippen molar-refractivity contribution in [3.05, 3.63) is 0 Å². The zero-order chi connectivity index (χ0) is 31.9. The summed E-state index contributed by atoms with van der Waals surface area (Å²) in [7, 11) is -4.40. The van der Waals surface area contributed by atoms with E-state index in [1.807, 2.05) is 23.5 Å². The molecular weight excluding hydrogens is 737 g/mol. The lowest BCUT2D eigenvalue weighted by Gasteiger charge is -2.18. The molecule has 0 radical (unpaired) electrons. The van der Waals surface area contributed by atoms with Crippen molar-refractivity contribution in [3.8, 4) is 0 Å². The molecule has 0 amide bonds. The Balaban J connectivity index is 0.742. The average molecular weight is 795 g/mol. The minimum absolute atomic E-state index is 0.228. The molecule has 0 atom stereocenters. The van der Waals surface area contributed by atoms with E-state index in [1.165, 1.54) is 83.2 Å². The molecule has 4 aliphatic heterocycles. The van der Waals surface area contributed by atoms with Gasteiger partial charge < -0.3 is 36.0 Å². The first-order chi connectivity index (χ1) is 22.8. The lowest BCUT2D eigenvalue weighted by atomic mass is 10.4. The third kappa shape index (κ3) is 17.6. The summed E-state index contributed by atoms with van der Waals surface area (Å²) < 4.78 is 46.4. The predicted octanol–water partition coefficient (Wildman–Crippen LogP) is 6.53. The second-order valence-corrected chi connectivity index (χ2v) is 24.3. The number of rotatable bonds is 33. The Kier molecular flexibility index (Phi) is 23.2. The summed E-state index contributed by atoms with van der Waals surface area (Å²) in [6.07, 6.45) is 7.95. The first kappa shape index (κ1) is 41.0. The summed E-state index contributed by atoms with van der Waals surface area (Å²) in [5.41, 5.74) is 0. The number of ether oxygens (including phenoxy) is 2. The monoisotopic (exact) mass is 794 g/mol. The van der Waals surface area contributed by atoms with Gasteiger partial charge in [-0.3, -0.25) is 0 Å². The van der Waals surface area contributed by atoms with Crippen LogP contribution in [0.2, 0.25) is 12.1 Å². The van der Waals surface area contributed by atoms with Crippen LogP contribution in [0.4, 0.5) is 0 Å². The average Bonchev–Trinajstić information content (AvgIpc) is 3.88. The van der Waals surface area contributed by atoms with Gasteiger partial charge in [0.25, 0.3) is 0 Å². The van der Waals surface area contributed by atoms with Crippen LogP contribution in [0, 0.1) is 0 Å². The van der Waals surface area contributed by atoms with Crippen LogP contribution >= 0.6 is 70.6 Å². The molecule has 4 saturated heterocycles. The molecule has 8 nitrogen and oxygen atoms in total. The van der Waals surface area contributed by atoms with E-state index in [0.29, 0.717) is 13.2 Å². The summed E-state index contributed by atoms with van der Waals surface area (Å²) >= 11 is 12.4. The maximum atomic E-state index is 5.90. The maximum Gasteiger partial charge on any atom is 0.501 e. The molecule has 0 aliphatic carbocycles. The minimum Gasteiger partial charge on any atom is -0.378 e. The molecule has 0 N–H and O–H groups in total. The van der Waals surface area contributed by atoms with Gasteiger partial charge in [0.1, 0.15) is 0 Å². The van der Waals surface area contributed by atoms with Crippen LogP contribution in [0.15, 0.2) is 0 Å². The highest BCUT2D eigenvalue weighted by Crippen LogP contribution is 2.34. The predicted molar refractivity (Wildman–Crippen MR) is 208 cm³/mol. The Morgan fingerprint density at radius 1 is 0.391 bits per heavy atom. The number of hydrogen-bond donors (Lipinski definition) is 0. The molecule has 0 aromatic heterocycles. The van der Waals surface area contributed by atoms with Crippen molar-refractivity contribution >= 4 is 88.2 Å². The van der Waals surface area contributed by atoms with Crippen molar-refractivity contribution in [2.24, 2.45) is 0 Å². The van der Waals surface area contributed by atoms with Crippen LogP contribution in [0.3, 0.4) is 0 Å². The molecule has 4 aliphatic rings. The zero-order valence-electron chi connectivity index (χ0n) is 27.7. The second kappa shape index (κ2) is 26.1. The van der Waals surface area contributed by atoms with Gasteiger partial charge in [-0.25, -0.2) is 0 Å². The Morgan fingerprint density at radius 3 is 1.00 bits per heavy atom. The lowest BCUT2D eigenvalue weighted by Crippen LogP contribution is -2.38. The van der Waals surface area contributed by atoms with Crippen molar-refractivity contribution < 1.29 is 36.0 Å². The van der Waals surface area contributed by atoms with E-state index in [1.54, 1.807) is 0 Å². The fraction of sp³-hybridized carbons (Fsp3) is 1.00. The van der Waals surface area contributed by atoms with Gasteiger partial charge in [0.05, 0.1) is 65.1 Å². The summed E-state index contributed by atoms with van der Waals surface area (Å²) in [5, 5.41) is 0. The Hall–Kier alpha value is 2.21. The van der Waals surface area contributed by atoms with E-state index in [9.17, 15) is 0 Å². The molecule has 0 unspecified atom stereocenters. The quantitative estimate of drug-likeness (QED) is 0.0535. The summed E-state index contributed by atoms with van der Waals surface area (Å²) in [6, 6.07) is 1.99. The number of hydrogen-bond acceptors (Lipinski definition) is 14. The standard InChI is InChI=1S/C30H58O8S6Si2/c1(15-41-19-5-23-45-33-25-29(37-45)26-34-45)11-39-13-3-17-43-21-9-31-7-8-32-10-22-44-18-4-14-40-12-2-16-42-20-6-24-46-35-27-30(38-46)28-36-46/h29-30H,1-28H2. The smallest absolute Gasteiger partial charge is 0.378 e. The first-order valence-electron chi connectivity index (χ1n) is 17.3. The van der Waals surface area contributed by atoms with Crippen LogP contribution in [0.1, 0.15) is 38.5 Å². The molecular formula is C30H58O8S6Si2. The van der Waals surface area contributed by atoms with E-state index in [2.05, 4.69) is 47.0 Å². The molecule has 46 heavy (non-hydrogen) atoms. The van der Waals surface area contributed by atoms with Gasteiger partial charge in [0.15, 0.2) is 0 Å². The Bertz CT molecular complexity index is 694. The third-order valence-corrected chi connectivity index (χ3v) is 20.0. The fourth-order valence-electron chi connectivity index (χ4n) is 5.25. The van der Waals surface area contributed by atoms with E-state index in [0.717, 1.165) is 76.1 Å². The van der Waals surface area contributed by atoms with Gasteiger partial charge in [-0.15, -0.1) is 0 Å². The Morgan fingerprint density at radius 2 is 0.696 bits per heavy atom. The summed E-state index contributed by atoms with van der Waals surface area (Å²) in [6.45, 7) is 6.13. The molecule has 4 bridgehead atoms. The van der Waals surface area contributed by atoms with Crippen LogP contribution in [0.5, 0.6) is 0 Å². The van der Waals surface area contributed by atoms with Crippen molar-refractivity contribution in [1.29, 1.82) is 0 Å². The van der Waals surface area contributed by atoms with Crippen molar-refractivity contribution in [2.45, 2.75) is 62.8 Å². The number of thioether (sulfide) groups is 6. The van der Waals surface area contributed by atoms with Crippen LogP contribution in [0.25, 0.3) is 0 Å². The van der Waals surface area contributed by atoms with Crippen molar-refractivity contribution in [2.75, 3.05) is 122 Å². The van der Waals surface area contributed by atoms with Crippen molar-refractivity contribution in [1.82, 2.24) is 0 Å².